The number of alkyl halides is 2. The molecule has 4 amide bonds. The van der Waals surface area contributed by atoms with E-state index in [2.05, 4.69) is 23.8 Å². The van der Waals surface area contributed by atoms with Gasteiger partial charge in [-0.3, -0.25) is 38.4 Å². The van der Waals surface area contributed by atoms with Crippen molar-refractivity contribution in [3.8, 4) is 23.3 Å². The first-order valence-electron chi connectivity index (χ1n) is 37.8. The summed E-state index contributed by atoms with van der Waals surface area (Å²) in [5.41, 5.74) is -4.39. The highest BCUT2D eigenvalue weighted by atomic mass is 32.2. The number of esters is 2. The fourth-order valence-corrected chi connectivity index (χ4v) is 18.6. The van der Waals surface area contributed by atoms with Gasteiger partial charge in [0.15, 0.2) is 11.6 Å². The number of carbonyl (C=O) groups is 8. The lowest BCUT2D eigenvalue weighted by Gasteiger charge is -2.32. The quantitative estimate of drug-likeness (QED) is 0.0777. The predicted octanol–water partition coefficient (Wildman–Crippen LogP) is 11.6. The third-order valence-electron chi connectivity index (χ3n) is 22.7. The lowest BCUT2D eigenvalue weighted by Crippen LogP contribution is -2.48. The van der Waals surface area contributed by atoms with E-state index in [1.807, 2.05) is 84.0 Å². The molecule has 588 valence electrons. The number of methoxy groups -OCH3 is 2. The molecule has 0 radical (unpaired) electrons. The number of halogens is 2. The molecule has 6 heterocycles. The molecule has 28 heteroatoms. The number of Topliss-reactive ketones (excluding diaryl/α,β-unsaturated/α-hetero) is 2. The lowest BCUT2D eigenvalue weighted by molar-refractivity contribution is -0.160. The molecular weight excluding hydrogens is 1440 g/mol. The molecule has 12 rings (SSSR count). The molecule has 6 fully saturated rings. The SMILES string of the molecule is COc1ccc2c(O[C@@H]3C[C@H]4C(=O)C[C@]5(C(=O)NS(=O)(=O)C6(F)CC6)C[C@H]5/C=C\CC[C@@H](C)C[C@@H](C)[C@H](CC(=O)OC(C)(C)C)C(=O)N4C3)nccc2c1.COc1ccc2c(O[C@@H]3C[C@H]4C(=O)C[C@]5(C(=O)NS(=O)(=O)C6(F)CC6)C[C@H]5/C=C\CC[C@H](C)C[C@@H](C)[C@H](CC(=O)OC(C)(C)C)C(=O)N4C3)nccc2c1. The Morgan fingerprint density at radius 1 is 0.556 bits per heavy atom. The van der Waals surface area contributed by atoms with E-state index in [9.17, 15) is 64.0 Å². The van der Waals surface area contributed by atoms with Crippen LogP contribution in [0.2, 0.25) is 0 Å². The monoisotopic (exact) mass is 1540 g/mol. The summed E-state index contributed by atoms with van der Waals surface area (Å²) in [5.74, 6) is -5.28. The molecule has 2 aromatic carbocycles. The molecule has 108 heavy (non-hydrogen) atoms. The summed E-state index contributed by atoms with van der Waals surface area (Å²) in [6.07, 6.45) is 12.2. The summed E-state index contributed by atoms with van der Waals surface area (Å²) in [5, 5.41) is -1.96. The van der Waals surface area contributed by atoms with Crippen LogP contribution >= 0.6 is 0 Å². The summed E-state index contributed by atoms with van der Waals surface area (Å²) in [4.78, 5) is 125. The first kappa shape index (κ1) is 80.9. The number of hydrogen-bond donors (Lipinski definition) is 2. The van der Waals surface area contributed by atoms with Gasteiger partial charge < -0.3 is 38.2 Å². The normalized spacial score (nSPS) is 30.6. The topological polar surface area (TPSA) is 317 Å². The molecule has 24 nitrogen and oxygen atoms in total. The van der Waals surface area contributed by atoms with Crippen LogP contribution in [0.15, 0.2) is 85.2 Å². The van der Waals surface area contributed by atoms with Crippen LogP contribution in [-0.2, 0) is 67.9 Å². The van der Waals surface area contributed by atoms with Crippen LogP contribution in [-0.4, -0.2) is 157 Å². The van der Waals surface area contributed by atoms with Gasteiger partial charge in [-0.1, -0.05) is 52.0 Å². The van der Waals surface area contributed by atoms with E-state index in [1.54, 1.807) is 80.3 Å². The van der Waals surface area contributed by atoms with E-state index in [-0.39, 0.29) is 114 Å². The highest BCUT2D eigenvalue weighted by Crippen LogP contribution is 2.59. The third kappa shape index (κ3) is 18.3. The van der Waals surface area contributed by atoms with Crippen molar-refractivity contribution in [1.29, 1.82) is 0 Å². The minimum absolute atomic E-state index is 0.0117. The van der Waals surface area contributed by atoms with Gasteiger partial charge in [-0.2, -0.15) is 0 Å². The number of amides is 4. The van der Waals surface area contributed by atoms with Crippen molar-refractivity contribution in [3.63, 3.8) is 0 Å². The summed E-state index contributed by atoms with van der Waals surface area (Å²) in [6.45, 7) is 18.6. The van der Waals surface area contributed by atoms with E-state index in [4.69, 9.17) is 28.4 Å². The highest BCUT2D eigenvalue weighted by Gasteiger charge is 2.66. The smallest absolute Gasteiger partial charge is 0.307 e. The number of ether oxygens (including phenoxy) is 6. The number of carbonyl (C=O) groups excluding carboxylic acids is 8. The minimum Gasteiger partial charge on any atom is -0.497 e. The van der Waals surface area contributed by atoms with Crippen molar-refractivity contribution in [3.05, 3.63) is 85.2 Å². The number of allylic oxidation sites excluding steroid dienone is 4. The highest BCUT2D eigenvalue weighted by molar-refractivity contribution is 7.91. The fraction of sp³-hybridized carbons (Fsp3) is 0.625. The summed E-state index contributed by atoms with van der Waals surface area (Å²) in [6, 6.07) is 12.4. The Morgan fingerprint density at radius 3 is 1.27 bits per heavy atom. The number of hydrogen-bond acceptors (Lipinski definition) is 20. The van der Waals surface area contributed by atoms with Gasteiger partial charge in [0.25, 0.3) is 20.0 Å². The van der Waals surface area contributed by atoms with Crippen molar-refractivity contribution in [2.45, 2.75) is 230 Å². The van der Waals surface area contributed by atoms with Crippen molar-refractivity contribution in [1.82, 2.24) is 29.2 Å². The van der Waals surface area contributed by atoms with E-state index in [1.165, 1.54) is 9.80 Å². The van der Waals surface area contributed by atoms with E-state index in [0.29, 0.717) is 59.7 Å². The predicted molar refractivity (Wildman–Crippen MR) is 397 cm³/mol. The molecule has 8 aliphatic rings. The molecule has 14 atom stereocenters. The molecule has 0 spiro atoms. The fourth-order valence-electron chi connectivity index (χ4n) is 16.1. The van der Waals surface area contributed by atoms with Gasteiger partial charge in [0, 0.05) is 74.5 Å². The number of sulfonamides is 2. The van der Waals surface area contributed by atoms with Crippen LogP contribution < -0.4 is 28.4 Å². The third-order valence-corrected chi connectivity index (χ3v) is 26.3. The Balaban J connectivity index is 0.000000215. The summed E-state index contributed by atoms with van der Waals surface area (Å²) in [7, 11) is -6.08. The number of aromatic nitrogens is 2. The van der Waals surface area contributed by atoms with Gasteiger partial charge in [0.1, 0.15) is 34.9 Å². The molecule has 4 aromatic rings. The van der Waals surface area contributed by atoms with Gasteiger partial charge in [0.05, 0.1) is 74.9 Å². The zero-order valence-electron chi connectivity index (χ0n) is 63.9. The second kappa shape index (κ2) is 31.3. The van der Waals surface area contributed by atoms with Crippen LogP contribution in [0.25, 0.3) is 21.5 Å². The van der Waals surface area contributed by atoms with Crippen molar-refractivity contribution in [2.24, 2.45) is 58.2 Å². The molecule has 0 bridgehead atoms. The van der Waals surface area contributed by atoms with E-state index in [0.717, 1.165) is 23.6 Å². The van der Waals surface area contributed by atoms with Crippen LogP contribution in [0.4, 0.5) is 8.78 Å². The molecule has 4 aliphatic heterocycles. The molecule has 4 aliphatic carbocycles. The standard InChI is InChI=1S/2C40H52FN3O9S/c2*1-24-9-7-8-10-27-21-39(27,37(48)43-54(49,50)40(41)14-15-40)22-33(45)32-19-29(52-35-30-12-11-28(51-6)18-26(30)13-16-42-35)23-44(32)36(47)31(25(2)17-24)20-34(46)53-38(3,4)5/h2*8,10-13,16,18,24-25,27,29,31-32H,7,9,14-15,17,19-23H2,1-6H3,(H,43,48)/b2*10-8-/t24-,25+,27+,29+,31-,32-,39+;24-,25-,27-,29-,31+,32+,39-/m01/s1. The minimum atomic E-state index is -4.61. The van der Waals surface area contributed by atoms with E-state index < -0.39 is 147 Å². The molecule has 2 N–H and O–H groups in total. The Morgan fingerprint density at radius 2 is 0.926 bits per heavy atom. The zero-order chi connectivity index (χ0) is 78.4. The van der Waals surface area contributed by atoms with Crippen LogP contribution in [0.1, 0.15) is 185 Å². The Bertz CT molecular complexity index is 4160. The van der Waals surface area contributed by atoms with Crippen molar-refractivity contribution >= 4 is 88.7 Å². The average Bonchev–Trinajstić information content (AvgIpc) is 1.57. The molecule has 4 saturated carbocycles. The maximum atomic E-state index is 14.8. The number of nitrogens with zero attached hydrogens (tertiary/aromatic N) is 4. The Labute approximate surface area is 631 Å². The average molecular weight is 1540 g/mol. The van der Waals surface area contributed by atoms with Gasteiger partial charge in [-0.05, 0) is 188 Å². The number of nitrogens with one attached hydrogen (secondary N) is 2. The zero-order valence-corrected chi connectivity index (χ0v) is 65.5. The van der Waals surface area contributed by atoms with Crippen molar-refractivity contribution < 1.29 is 92.4 Å². The second-order valence-corrected chi connectivity index (χ2v) is 37.6. The van der Waals surface area contributed by atoms with Crippen molar-refractivity contribution in [2.75, 3.05) is 27.3 Å². The molecular formula is C80H104F2N6O18S2. The number of pyridine rings is 2. The van der Waals surface area contributed by atoms with Crippen LogP contribution in [0, 0.1) is 58.2 Å². The number of benzene rings is 2. The van der Waals surface area contributed by atoms with Gasteiger partial charge in [0.2, 0.25) is 45.4 Å². The first-order chi connectivity index (χ1) is 50.7. The first-order valence-corrected chi connectivity index (χ1v) is 40.8. The summed E-state index contributed by atoms with van der Waals surface area (Å²) < 4.78 is 120. The Kier molecular flexibility index (Phi) is 23.5. The number of ketones is 2. The van der Waals surface area contributed by atoms with Gasteiger partial charge in [-0.25, -0.2) is 45.0 Å². The molecule has 0 unspecified atom stereocenters. The van der Waals surface area contributed by atoms with Gasteiger partial charge in [-0.15, -0.1) is 0 Å². The summed E-state index contributed by atoms with van der Waals surface area (Å²) >= 11 is 0. The van der Waals surface area contributed by atoms with Crippen LogP contribution in [0.3, 0.4) is 0 Å². The number of rotatable bonds is 16. The number of fused-ring (bicyclic) bond motifs is 6. The lowest BCUT2D eigenvalue weighted by atomic mass is 9.82. The maximum Gasteiger partial charge on any atom is 0.307 e. The Hall–Kier alpha value is -8.14. The van der Waals surface area contributed by atoms with Gasteiger partial charge >= 0.3 is 11.9 Å². The van der Waals surface area contributed by atoms with Crippen LogP contribution in [0.5, 0.6) is 23.3 Å². The maximum absolute atomic E-state index is 14.8. The van der Waals surface area contributed by atoms with E-state index >= 15 is 0 Å². The molecule has 2 aromatic heterocycles. The largest absolute Gasteiger partial charge is 0.497 e. The second-order valence-electron chi connectivity index (χ2n) is 33.7. The molecule has 2 saturated heterocycles.